The van der Waals surface area contributed by atoms with Crippen LogP contribution in [0.1, 0.15) is 13.8 Å². The zero-order chi connectivity index (χ0) is 10.1. The van der Waals surface area contributed by atoms with Crippen molar-refractivity contribution in [2.45, 2.75) is 13.8 Å². The Labute approximate surface area is 77.3 Å². The minimum atomic E-state index is -0.566. The molecular formula is C7H15N3O3. The lowest BCUT2D eigenvalue weighted by molar-refractivity contribution is 0.148. The molecule has 6 nitrogen and oxygen atoms in total. The highest BCUT2D eigenvalue weighted by atomic mass is 16.6. The number of carbonyl (C=O) groups excluding carboxylic acids is 1. The molecule has 0 aliphatic rings. The monoisotopic (exact) mass is 189 g/mol. The van der Waals surface area contributed by atoms with Crippen LogP contribution in [-0.2, 0) is 9.47 Å². The third kappa shape index (κ3) is 5.77. The summed E-state index contributed by atoms with van der Waals surface area (Å²) in [4.78, 5) is 14.6. The van der Waals surface area contributed by atoms with Crippen molar-refractivity contribution in [3.63, 3.8) is 0 Å². The molecule has 0 aromatic heterocycles. The molecule has 0 aromatic rings. The number of methoxy groups -OCH3 is 1. The van der Waals surface area contributed by atoms with Gasteiger partial charge in [-0.2, -0.15) is 0 Å². The molecule has 0 aliphatic heterocycles. The van der Waals surface area contributed by atoms with Gasteiger partial charge in [0.1, 0.15) is 0 Å². The smallest absolute Gasteiger partial charge is 0.426 e. The molecule has 76 valence electrons. The third-order valence-electron chi connectivity index (χ3n) is 1.04. The molecule has 0 fully saturated rings. The van der Waals surface area contributed by atoms with Crippen molar-refractivity contribution in [3.8, 4) is 0 Å². The summed E-state index contributed by atoms with van der Waals surface area (Å²) in [5, 5.41) is 0. The number of hydrogen-bond acceptors (Lipinski definition) is 4. The Morgan fingerprint density at radius 1 is 1.38 bits per heavy atom. The standard InChI is InChI=1S/C7H15N3O3/c1-4-8-6(12-3)9-10-7(11)13-5-2/h4-5H2,1-3H3,(H,8,9)(H,10,11). The first kappa shape index (κ1) is 11.5. The van der Waals surface area contributed by atoms with Crippen molar-refractivity contribution in [1.82, 2.24) is 10.9 Å². The minimum absolute atomic E-state index is 0.246. The third-order valence-corrected chi connectivity index (χ3v) is 1.04. The molecule has 0 bridgehead atoms. The van der Waals surface area contributed by atoms with Gasteiger partial charge in [0.05, 0.1) is 13.7 Å². The van der Waals surface area contributed by atoms with Gasteiger partial charge in [-0.3, -0.25) is 0 Å². The van der Waals surface area contributed by atoms with Crippen LogP contribution in [0, 0.1) is 0 Å². The van der Waals surface area contributed by atoms with Crippen molar-refractivity contribution < 1.29 is 14.3 Å². The van der Waals surface area contributed by atoms with Crippen molar-refractivity contribution in [3.05, 3.63) is 0 Å². The first-order valence-corrected chi connectivity index (χ1v) is 4.01. The van der Waals surface area contributed by atoms with Crippen LogP contribution in [0.4, 0.5) is 4.79 Å². The molecule has 0 saturated carbocycles. The fourth-order valence-electron chi connectivity index (χ4n) is 0.570. The predicted molar refractivity (Wildman–Crippen MR) is 48.3 cm³/mol. The van der Waals surface area contributed by atoms with Gasteiger partial charge < -0.3 is 9.47 Å². The molecule has 1 amide bonds. The summed E-state index contributed by atoms with van der Waals surface area (Å²) in [6, 6.07) is 0.246. The first-order valence-electron chi connectivity index (χ1n) is 4.01. The van der Waals surface area contributed by atoms with Crippen LogP contribution in [0.3, 0.4) is 0 Å². The number of nitrogens with zero attached hydrogens (tertiary/aromatic N) is 1. The Kier molecular flexibility index (Phi) is 6.39. The molecular weight excluding hydrogens is 174 g/mol. The summed E-state index contributed by atoms with van der Waals surface area (Å²) in [6.07, 6.45) is -0.566. The number of amidine groups is 1. The molecule has 0 rings (SSSR count). The zero-order valence-electron chi connectivity index (χ0n) is 8.09. The number of aliphatic imine (C=N–C) groups is 1. The second-order valence-electron chi connectivity index (χ2n) is 1.95. The highest BCUT2D eigenvalue weighted by molar-refractivity contribution is 5.77. The van der Waals surface area contributed by atoms with E-state index in [1.54, 1.807) is 6.92 Å². The summed E-state index contributed by atoms with van der Waals surface area (Å²) in [6.45, 7) is 4.46. The van der Waals surface area contributed by atoms with E-state index in [1.807, 2.05) is 6.92 Å². The molecule has 0 unspecified atom stereocenters. The number of carbonyl (C=O) groups is 1. The van der Waals surface area contributed by atoms with Gasteiger partial charge >= 0.3 is 12.1 Å². The Morgan fingerprint density at radius 3 is 2.54 bits per heavy atom. The summed E-state index contributed by atoms with van der Waals surface area (Å²) in [7, 11) is 1.45. The molecule has 13 heavy (non-hydrogen) atoms. The topological polar surface area (TPSA) is 72.0 Å². The fraction of sp³-hybridized carbons (Fsp3) is 0.714. The van der Waals surface area contributed by atoms with E-state index in [4.69, 9.17) is 4.74 Å². The lowest BCUT2D eigenvalue weighted by atomic mass is 10.8. The zero-order valence-corrected chi connectivity index (χ0v) is 8.09. The van der Waals surface area contributed by atoms with Gasteiger partial charge in [0, 0.05) is 6.54 Å². The molecule has 2 N–H and O–H groups in total. The van der Waals surface area contributed by atoms with Gasteiger partial charge in [-0.05, 0) is 13.8 Å². The Balaban J connectivity index is 3.72. The fourth-order valence-corrected chi connectivity index (χ4v) is 0.570. The Hall–Kier alpha value is -1.46. The van der Waals surface area contributed by atoms with Crippen LogP contribution in [0.5, 0.6) is 0 Å². The van der Waals surface area contributed by atoms with Crippen LogP contribution in [0.15, 0.2) is 4.99 Å². The van der Waals surface area contributed by atoms with E-state index in [-0.39, 0.29) is 6.02 Å². The largest absolute Gasteiger partial charge is 0.467 e. The maximum atomic E-state index is 10.8. The van der Waals surface area contributed by atoms with Crippen molar-refractivity contribution >= 4 is 12.1 Å². The van der Waals surface area contributed by atoms with Gasteiger partial charge in [0.15, 0.2) is 0 Å². The predicted octanol–water partition coefficient (Wildman–Crippen LogP) is 0.259. The average Bonchev–Trinajstić information content (AvgIpc) is 2.12. The number of nitrogens with one attached hydrogen (secondary N) is 2. The van der Waals surface area contributed by atoms with E-state index in [0.29, 0.717) is 13.2 Å². The Morgan fingerprint density at radius 2 is 2.08 bits per heavy atom. The second kappa shape index (κ2) is 7.20. The summed E-state index contributed by atoms with van der Waals surface area (Å²) >= 11 is 0. The number of hydrazine groups is 1. The van der Waals surface area contributed by atoms with Crippen LogP contribution in [-0.4, -0.2) is 32.4 Å². The van der Waals surface area contributed by atoms with Crippen LogP contribution >= 0.6 is 0 Å². The van der Waals surface area contributed by atoms with Gasteiger partial charge in [-0.15, -0.1) is 0 Å². The molecule has 0 aliphatic carbocycles. The molecule has 0 heterocycles. The molecule has 0 aromatic carbocycles. The van der Waals surface area contributed by atoms with E-state index < -0.39 is 6.09 Å². The highest BCUT2D eigenvalue weighted by Gasteiger charge is 2.00. The summed E-state index contributed by atoms with van der Waals surface area (Å²) in [5.41, 5.74) is 4.71. The number of hydrogen-bond donors (Lipinski definition) is 2. The first-order chi connectivity index (χ1) is 6.24. The van der Waals surface area contributed by atoms with E-state index in [1.165, 1.54) is 7.11 Å². The van der Waals surface area contributed by atoms with Crippen molar-refractivity contribution in [2.24, 2.45) is 4.99 Å². The van der Waals surface area contributed by atoms with Crippen LogP contribution < -0.4 is 10.9 Å². The summed E-state index contributed by atoms with van der Waals surface area (Å²) in [5.74, 6) is 0. The van der Waals surface area contributed by atoms with Crippen molar-refractivity contribution in [2.75, 3.05) is 20.3 Å². The van der Waals surface area contributed by atoms with Gasteiger partial charge in [-0.25, -0.2) is 20.6 Å². The number of amides is 1. The number of rotatable bonds is 2. The van der Waals surface area contributed by atoms with Crippen LogP contribution in [0.25, 0.3) is 0 Å². The lowest BCUT2D eigenvalue weighted by Gasteiger charge is -2.08. The molecule has 0 saturated heterocycles. The van der Waals surface area contributed by atoms with E-state index in [9.17, 15) is 4.79 Å². The minimum Gasteiger partial charge on any atom is -0.467 e. The second-order valence-corrected chi connectivity index (χ2v) is 1.95. The lowest BCUT2D eigenvalue weighted by Crippen LogP contribution is -2.42. The van der Waals surface area contributed by atoms with Crippen LogP contribution in [0.2, 0.25) is 0 Å². The van der Waals surface area contributed by atoms with E-state index >= 15 is 0 Å². The van der Waals surface area contributed by atoms with Gasteiger partial charge in [0.2, 0.25) is 0 Å². The maximum Gasteiger partial charge on any atom is 0.426 e. The normalized spacial score (nSPS) is 10.5. The number of ether oxygens (including phenoxy) is 2. The molecule has 0 radical (unpaired) electrons. The van der Waals surface area contributed by atoms with Gasteiger partial charge in [0.25, 0.3) is 0 Å². The molecule has 0 spiro atoms. The SMILES string of the molecule is CCN=C(NNC(=O)OCC)OC. The molecule has 0 atom stereocenters. The maximum absolute atomic E-state index is 10.8. The Bertz CT molecular complexity index is 182. The van der Waals surface area contributed by atoms with Crippen molar-refractivity contribution in [1.29, 1.82) is 0 Å². The summed E-state index contributed by atoms with van der Waals surface area (Å²) < 4.78 is 9.38. The molecule has 6 heteroatoms. The van der Waals surface area contributed by atoms with E-state index in [2.05, 4.69) is 20.6 Å². The quantitative estimate of drug-likeness (QED) is 0.371. The van der Waals surface area contributed by atoms with E-state index in [0.717, 1.165) is 0 Å². The highest BCUT2D eigenvalue weighted by Crippen LogP contribution is 1.76. The average molecular weight is 189 g/mol. The van der Waals surface area contributed by atoms with Gasteiger partial charge in [-0.1, -0.05) is 0 Å².